The van der Waals surface area contributed by atoms with Crippen LogP contribution in [0.5, 0.6) is 0 Å². The van der Waals surface area contributed by atoms with Crippen LogP contribution in [0.15, 0.2) is 27.8 Å². The van der Waals surface area contributed by atoms with Crippen molar-refractivity contribution in [1.82, 2.24) is 15.5 Å². The van der Waals surface area contributed by atoms with E-state index in [0.717, 1.165) is 37.9 Å². The Morgan fingerprint density at radius 2 is 2.04 bits per heavy atom. The molecule has 0 radical (unpaired) electrons. The van der Waals surface area contributed by atoms with Gasteiger partial charge in [0.1, 0.15) is 5.76 Å². The highest BCUT2D eigenvalue weighted by atomic mass is 127. The van der Waals surface area contributed by atoms with Gasteiger partial charge in [0.25, 0.3) is 0 Å². The fourth-order valence-corrected chi connectivity index (χ4v) is 3.12. The van der Waals surface area contributed by atoms with Crippen molar-refractivity contribution in [2.24, 2.45) is 4.99 Å². The number of nitrogens with zero attached hydrogens (tertiary/aromatic N) is 2. The van der Waals surface area contributed by atoms with Crippen LogP contribution in [0.4, 0.5) is 0 Å². The number of hydrogen-bond acceptors (Lipinski definition) is 3. The molecule has 0 bridgehead atoms. The summed E-state index contributed by atoms with van der Waals surface area (Å²) in [4.78, 5) is 6.86. The Hall–Kier alpha value is -0.760. The first-order chi connectivity index (χ1) is 11.3. The summed E-state index contributed by atoms with van der Waals surface area (Å²) in [5.74, 6) is 1.93. The number of piperidine rings is 1. The Kier molecular flexibility index (Phi) is 11.2. The smallest absolute Gasteiger partial charge is 0.191 e. The number of halogens is 1. The highest BCUT2D eigenvalue weighted by Gasteiger charge is 2.24. The molecule has 1 aliphatic rings. The molecule has 2 N–H and O–H groups in total. The fourth-order valence-electron chi connectivity index (χ4n) is 3.12. The lowest BCUT2D eigenvalue weighted by Crippen LogP contribution is -2.44. The van der Waals surface area contributed by atoms with Gasteiger partial charge in [0.15, 0.2) is 5.96 Å². The number of aliphatic imine (C=N–C) groups is 1. The van der Waals surface area contributed by atoms with Crippen molar-refractivity contribution in [3.8, 4) is 0 Å². The van der Waals surface area contributed by atoms with Crippen molar-refractivity contribution < 1.29 is 4.42 Å². The van der Waals surface area contributed by atoms with E-state index in [1.54, 1.807) is 6.26 Å². The quantitative estimate of drug-likeness (QED) is 0.275. The third kappa shape index (κ3) is 7.01. The van der Waals surface area contributed by atoms with Gasteiger partial charge in [-0.1, -0.05) is 26.2 Å². The van der Waals surface area contributed by atoms with E-state index in [1.807, 2.05) is 13.1 Å². The van der Waals surface area contributed by atoms with Crippen LogP contribution in [0, 0.1) is 0 Å². The van der Waals surface area contributed by atoms with E-state index in [2.05, 4.69) is 33.5 Å². The number of rotatable bonds is 8. The standard InChI is InChI=1S/C18H32N4O.HI/c1-3-4-6-11-20-18(19-2)21-15-16(17-10-9-14-23-17)22-12-7-5-8-13-22;/h9-10,14,16H,3-8,11-13,15H2,1-2H3,(H2,19,20,21);1H. The number of unbranched alkanes of at least 4 members (excludes halogenated alkanes) is 2. The normalized spacial score (nSPS) is 17.2. The van der Waals surface area contributed by atoms with Gasteiger partial charge in [-0.15, -0.1) is 24.0 Å². The first kappa shape index (κ1) is 21.3. The van der Waals surface area contributed by atoms with Crippen molar-refractivity contribution in [3.63, 3.8) is 0 Å². The SMILES string of the molecule is CCCCCNC(=NC)NCC(c1ccco1)N1CCCCC1.I. The van der Waals surface area contributed by atoms with E-state index in [0.29, 0.717) is 0 Å². The molecule has 1 unspecified atom stereocenters. The number of nitrogens with one attached hydrogen (secondary N) is 2. The fraction of sp³-hybridized carbons (Fsp3) is 0.722. The number of hydrogen-bond donors (Lipinski definition) is 2. The van der Waals surface area contributed by atoms with Gasteiger partial charge in [0, 0.05) is 20.1 Å². The molecule has 138 valence electrons. The van der Waals surface area contributed by atoms with E-state index in [1.165, 1.54) is 38.5 Å². The predicted molar refractivity (Wildman–Crippen MR) is 111 cm³/mol. The maximum Gasteiger partial charge on any atom is 0.191 e. The van der Waals surface area contributed by atoms with Crippen LogP contribution in [0.1, 0.15) is 57.3 Å². The lowest BCUT2D eigenvalue weighted by atomic mass is 10.1. The molecule has 24 heavy (non-hydrogen) atoms. The van der Waals surface area contributed by atoms with E-state index in [4.69, 9.17) is 4.42 Å². The summed E-state index contributed by atoms with van der Waals surface area (Å²) in [5.41, 5.74) is 0. The molecule has 1 aromatic heterocycles. The molecule has 0 aliphatic carbocycles. The maximum absolute atomic E-state index is 5.69. The van der Waals surface area contributed by atoms with Crippen LogP contribution in [-0.2, 0) is 0 Å². The topological polar surface area (TPSA) is 52.8 Å². The molecule has 2 heterocycles. The lowest BCUT2D eigenvalue weighted by Gasteiger charge is -2.33. The molecular formula is C18H33IN4O. The predicted octanol–water partition coefficient (Wildman–Crippen LogP) is 3.78. The molecular weight excluding hydrogens is 415 g/mol. The van der Waals surface area contributed by atoms with Crippen molar-refractivity contribution in [1.29, 1.82) is 0 Å². The average molecular weight is 448 g/mol. The molecule has 1 atom stereocenters. The molecule has 0 saturated carbocycles. The molecule has 1 saturated heterocycles. The third-order valence-electron chi connectivity index (χ3n) is 4.46. The zero-order valence-electron chi connectivity index (χ0n) is 15.1. The van der Waals surface area contributed by atoms with E-state index >= 15 is 0 Å². The average Bonchev–Trinajstić information content (AvgIpc) is 3.12. The second kappa shape index (κ2) is 12.6. The van der Waals surface area contributed by atoms with Gasteiger partial charge in [-0.25, -0.2) is 0 Å². The molecule has 0 amide bonds. The van der Waals surface area contributed by atoms with Crippen molar-refractivity contribution in [2.45, 2.75) is 51.5 Å². The molecule has 2 rings (SSSR count). The largest absolute Gasteiger partial charge is 0.468 e. The lowest BCUT2D eigenvalue weighted by molar-refractivity contribution is 0.146. The third-order valence-corrected chi connectivity index (χ3v) is 4.46. The number of likely N-dealkylation sites (tertiary alicyclic amines) is 1. The second-order valence-corrected chi connectivity index (χ2v) is 6.21. The van der Waals surface area contributed by atoms with Crippen molar-refractivity contribution >= 4 is 29.9 Å². The zero-order chi connectivity index (χ0) is 16.3. The second-order valence-electron chi connectivity index (χ2n) is 6.21. The first-order valence-corrected chi connectivity index (χ1v) is 9.07. The van der Waals surface area contributed by atoms with Gasteiger partial charge in [0.2, 0.25) is 0 Å². The molecule has 0 aromatic carbocycles. The van der Waals surface area contributed by atoms with Crippen LogP contribution >= 0.6 is 24.0 Å². The van der Waals surface area contributed by atoms with Crippen molar-refractivity contribution in [2.75, 3.05) is 33.2 Å². The highest BCUT2D eigenvalue weighted by Crippen LogP contribution is 2.24. The first-order valence-electron chi connectivity index (χ1n) is 9.07. The summed E-state index contributed by atoms with van der Waals surface area (Å²) in [6.45, 7) is 6.31. The van der Waals surface area contributed by atoms with Gasteiger partial charge in [0.05, 0.1) is 12.3 Å². The Labute approximate surface area is 163 Å². The van der Waals surface area contributed by atoms with E-state index in [9.17, 15) is 0 Å². The molecule has 1 aromatic rings. The molecule has 6 heteroatoms. The summed E-state index contributed by atoms with van der Waals surface area (Å²) in [6.07, 6.45) is 9.35. The van der Waals surface area contributed by atoms with Crippen LogP contribution in [-0.4, -0.2) is 44.1 Å². The molecule has 1 fully saturated rings. The Morgan fingerprint density at radius 3 is 2.67 bits per heavy atom. The minimum absolute atomic E-state index is 0. The van der Waals surface area contributed by atoms with Crippen molar-refractivity contribution in [3.05, 3.63) is 24.2 Å². The molecule has 5 nitrogen and oxygen atoms in total. The minimum atomic E-state index is 0. The van der Waals surface area contributed by atoms with Gasteiger partial charge < -0.3 is 15.1 Å². The summed E-state index contributed by atoms with van der Waals surface area (Å²) in [7, 11) is 1.83. The summed E-state index contributed by atoms with van der Waals surface area (Å²) < 4.78 is 5.69. The molecule has 1 aliphatic heterocycles. The monoisotopic (exact) mass is 448 g/mol. The van der Waals surface area contributed by atoms with E-state index < -0.39 is 0 Å². The van der Waals surface area contributed by atoms with Crippen LogP contribution in [0.2, 0.25) is 0 Å². The van der Waals surface area contributed by atoms with Gasteiger partial charge in [-0.05, 0) is 44.5 Å². The summed E-state index contributed by atoms with van der Waals surface area (Å²) in [6, 6.07) is 4.34. The number of furan rings is 1. The van der Waals surface area contributed by atoms with Gasteiger partial charge in [-0.3, -0.25) is 9.89 Å². The van der Waals surface area contributed by atoms with Crippen LogP contribution in [0.3, 0.4) is 0 Å². The van der Waals surface area contributed by atoms with Crippen LogP contribution < -0.4 is 10.6 Å². The van der Waals surface area contributed by atoms with Crippen LogP contribution in [0.25, 0.3) is 0 Å². The van der Waals surface area contributed by atoms with Gasteiger partial charge >= 0.3 is 0 Å². The summed E-state index contributed by atoms with van der Waals surface area (Å²) in [5, 5.41) is 6.87. The Bertz CT molecular complexity index is 444. The Morgan fingerprint density at radius 1 is 1.25 bits per heavy atom. The van der Waals surface area contributed by atoms with Gasteiger partial charge in [-0.2, -0.15) is 0 Å². The minimum Gasteiger partial charge on any atom is -0.468 e. The van der Waals surface area contributed by atoms with E-state index in [-0.39, 0.29) is 30.0 Å². The Balaban J connectivity index is 0.00000288. The molecule has 0 spiro atoms. The highest BCUT2D eigenvalue weighted by molar-refractivity contribution is 14.0. The zero-order valence-corrected chi connectivity index (χ0v) is 17.4. The summed E-state index contributed by atoms with van der Waals surface area (Å²) >= 11 is 0. The number of guanidine groups is 1. The maximum atomic E-state index is 5.69.